The van der Waals surface area contributed by atoms with Gasteiger partial charge in [0.1, 0.15) is 11.6 Å². The lowest BCUT2D eigenvalue weighted by Crippen LogP contribution is -2.56. The molecule has 2 aliphatic carbocycles. The second kappa shape index (κ2) is 14.0. The van der Waals surface area contributed by atoms with Gasteiger partial charge in [0.15, 0.2) is 19.7 Å². The summed E-state index contributed by atoms with van der Waals surface area (Å²) in [6.45, 7) is 16.2. The van der Waals surface area contributed by atoms with E-state index in [1.807, 2.05) is 12.1 Å². The van der Waals surface area contributed by atoms with Crippen LogP contribution in [0.15, 0.2) is 46.2 Å². The van der Waals surface area contributed by atoms with Gasteiger partial charge in [0, 0.05) is 52.1 Å². The van der Waals surface area contributed by atoms with Crippen LogP contribution >= 0.6 is 0 Å². The molecule has 4 aromatic rings. The van der Waals surface area contributed by atoms with E-state index in [0.717, 1.165) is 66.3 Å². The minimum Gasteiger partial charge on any atom is -0.328 e. The number of sulfonamides is 1. The molecule has 296 valence electrons. The summed E-state index contributed by atoms with van der Waals surface area (Å²) in [4.78, 5) is 10.3. The smallest absolute Gasteiger partial charge is 0.211 e. The maximum absolute atomic E-state index is 13.0. The number of fused-ring (bicyclic) bond motifs is 2. The number of rotatable bonds is 11. The van der Waals surface area contributed by atoms with Crippen LogP contribution in [0.5, 0.6) is 0 Å². The second-order valence-electron chi connectivity index (χ2n) is 18.5. The molecule has 1 N–H and O–H groups in total. The number of benzene rings is 2. The molecule has 0 amide bonds. The summed E-state index contributed by atoms with van der Waals surface area (Å²) in [5, 5.41) is 2.05. The van der Waals surface area contributed by atoms with Crippen molar-refractivity contribution >= 4 is 51.8 Å². The molecule has 2 saturated carbocycles. The first-order valence-corrected chi connectivity index (χ1v) is 24.1. The van der Waals surface area contributed by atoms with Crippen LogP contribution in [-0.4, -0.2) is 91.6 Å². The van der Waals surface area contributed by atoms with E-state index >= 15 is 0 Å². The lowest BCUT2D eigenvalue weighted by atomic mass is 9.92. The van der Waals surface area contributed by atoms with Crippen LogP contribution in [-0.2, 0) is 55.6 Å². The molecule has 0 bridgehead atoms. The van der Waals surface area contributed by atoms with Gasteiger partial charge >= 0.3 is 0 Å². The molecule has 15 heteroatoms. The fourth-order valence-electron chi connectivity index (χ4n) is 7.15. The fourth-order valence-corrected chi connectivity index (χ4v) is 11.5. The summed E-state index contributed by atoms with van der Waals surface area (Å²) in [5.74, 6) is 3.52. The molecule has 0 atom stereocenters. The second-order valence-corrected chi connectivity index (χ2v) is 25.0. The van der Waals surface area contributed by atoms with Crippen molar-refractivity contribution in [2.75, 3.05) is 32.4 Å². The molecule has 12 nitrogen and oxygen atoms in total. The molecular weight excluding hydrogens is 745 g/mol. The van der Waals surface area contributed by atoms with Crippen molar-refractivity contribution in [1.82, 2.24) is 28.7 Å². The maximum atomic E-state index is 13.0. The Morgan fingerprint density at radius 1 is 0.648 bits per heavy atom. The molecule has 0 spiro atoms. The summed E-state index contributed by atoms with van der Waals surface area (Å²) >= 11 is 0. The Balaban J connectivity index is 0.000000168. The van der Waals surface area contributed by atoms with Gasteiger partial charge in [-0.25, -0.2) is 35.2 Å². The zero-order valence-corrected chi connectivity index (χ0v) is 35.1. The van der Waals surface area contributed by atoms with Crippen LogP contribution in [0.2, 0.25) is 0 Å². The number of hydrogen-bond acceptors (Lipinski definition) is 9. The molecule has 8 rings (SSSR count). The summed E-state index contributed by atoms with van der Waals surface area (Å²) in [7, 11) is -10.2. The molecule has 54 heavy (non-hydrogen) atoms. The summed E-state index contributed by atoms with van der Waals surface area (Å²) in [6, 6.07) is 10.7. The van der Waals surface area contributed by atoms with Crippen molar-refractivity contribution < 1.29 is 25.3 Å². The predicted octanol–water partition coefficient (Wildman–Crippen LogP) is 5.23. The Hall–Kier alpha value is -2.85. The zero-order valence-electron chi connectivity index (χ0n) is 32.7. The van der Waals surface area contributed by atoms with Gasteiger partial charge in [0.25, 0.3) is 0 Å². The van der Waals surface area contributed by atoms with Crippen molar-refractivity contribution in [1.29, 1.82) is 0 Å². The number of nitrogens with zero attached hydrogens (tertiary/aromatic N) is 5. The average molecular weight is 801 g/mol. The Bertz CT molecular complexity index is 2390. The maximum Gasteiger partial charge on any atom is 0.211 e. The molecule has 0 unspecified atom stereocenters. The molecule has 2 aromatic carbocycles. The monoisotopic (exact) mass is 800 g/mol. The molecular formula is C39H56N6O6S3. The topological polar surface area (TPSA) is 153 Å². The Morgan fingerprint density at radius 3 is 1.39 bits per heavy atom. The number of sulfone groups is 2. The minimum atomic E-state index is -3.59. The summed E-state index contributed by atoms with van der Waals surface area (Å²) in [5.41, 5.74) is 3.78. The SMILES string of the molecule is CC(C)(C)Cc1nc2cc(S(=O)(=O)C3CN(S(C)(=O)=O)C3)ccc2n1CC1CC1.CC(C)(C)Cc1nc2cc(S(=O)(=O)C3CNC3)ccc2n1CC1CC1. The highest BCUT2D eigenvalue weighted by molar-refractivity contribution is 7.93. The van der Waals surface area contributed by atoms with Crippen LogP contribution in [0.25, 0.3) is 22.1 Å². The van der Waals surface area contributed by atoms with E-state index in [1.54, 1.807) is 24.3 Å². The van der Waals surface area contributed by atoms with Crippen LogP contribution in [0.4, 0.5) is 0 Å². The first kappa shape index (κ1) is 39.4. The van der Waals surface area contributed by atoms with Gasteiger partial charge in [0.2, 0.25) is 10.0 Å². The van der Waals surface area contributed by atoms with E-state index in [9.17, 15) is 25.3 Å². The molecule has 4 heterocycles. The number of imidazole rings is 2. The average Bonchev–Trinajstić information content (AvgIpc) is 3.90. The first-order chi connectivity index (χ1) is 25.1. The molecule has 2 saturated heterocycles. The standard InChI is InChI=1S/C20H29N3O4S2.C19H27N3O2S/c1-20(2,3)10-19-21-17-9-15(7-8-18(17)23(19)11-14-5-6-14)29(26,27)16-12-22(13-16)28(4,24)25;1-19(2,3)9-18-21-16-8-14(25(23,24)15-10-20-11-15)6-7-17(16)22(18)12-13-4-5-13/h7-9,14,16H,5-6,10-13H2,1-4H3;6-8,13,15,20H,4-5,9-12H2,1-3H3. The Kier molecular flexibility index (Phi) is 10.2. The lowest BCUT2D eigenvalue weighted by Gasteiger charge is -2.36. The third kappa shape index (κ3) is 8.59. The van der Waals surface area contributed by atoms with E-state index < -0.39 is 34.9 Å². The molecule has 4 aliphatic rings. The largest absolute Gasteiger partial charge is 0.328 e. The van der Waals surface area contributed by atoms with Crippen molar-refractivity contribution in [2.24, 2.45) is 22.7 Å². The van der Waals surface area contributed by atoms with Gasteiger partial charge in [-0.15, -0.1) is 0 Å². The highest BCUT2D eigenvalue weighted by atomic mass is 32.2. The summed E-state index contributed by atoms with van der Waals surface area (Å²) < 4.78 is 80.2. The molecule has 2 aromatic heterocycles. The lowest BCUT2D eigenvalue weighted by molar-refractivity contribution is 0.312. The zero-order chi connectivity index (χ0) is 39.0. The third-order valence-corrected chi connectivity index (χ3v) is 16.3. The van der Waals surface area contributed by atoms with Crippen LogP contribution in [0.1, 0.15) is 78.9 Å². The van der Waals surface area contributed by atoms with E-state index in [4.69, 9.17) is 9.97 Å². The van der Waals surface area contributed by atoms with Crippen LogP contribution < -0.4 is 5.32 Å². The minimum absolute atomic E-state index is 0.0185. The van der Waals surface area contributed by atoms with Gasteiger partial charge in [0.05, 0.1) is 48.6 Å². The number of hydrogen-bond donors (Lipinski definition) is 1. The van der Waals surface area contributed by atoms with Crippen molar-refractivity contribution in [3.63, 3.8) is 0 Å². The van der Waals surface area contributed by atoms with Gasteiger partial charge < -0.3 is 14.5 Å². The van der Waals surface area contributed by atoms with Crippen molar-refractivity contribution in [2.45, 2.75) is 113 Å². The van der Waals surface area contributed by atoms with Gasteiger partial charge in [-0.05, 0) is 84.7 Å². The van der Waals surface area contributed by atoms with E-state index in [0.29, 0.717) is 29.4 Å². The van der Waals surface area contributed by atoms with Crippen molar-refractivity contribution in [3.8, 4) is 0 Å². The van der Waals surface area contributed by atoms with E-state index in [1.165, 1.54) is 30.0 Å². The highest BCUT2D eigenvalue weighted by Crippen LogP contribution is 2.36. The molecule has 2 aliphatic heterocycles. The first-order valence-electron chi connectivity index (χ1n) is 19.2. The molecule has 4 fully saturated rings. The Labute approximate surface area is 321 Å². The van der Waals surface area contributed by atoms with Gasteiger partial charge in [-0.3, -0.25) is 0 Å². The quantitative estimate of drug-likeness (QED) is 0.215. The van der Waals surface area contributed by atoms with Crippen LogP contribution in [0.3, 0.4) is 0 Å². The van der Waals surface area contributed by atoms with E-state index in [2.05, 4.69) is 56.0 Å². The van der Waals surface area contributed by atoms with E-state index in [-0.39, 0.29) is 34.1 Å². The number of aromatic nitrogens is 4. The fraction of sp³-hybridized carbons (Fsp3) is 0.641. The summed E-state index contributed by atoms with van der Waals surface area (Å²) in [6.07, 6.45) is 7.86. The highest BCUT2D eigenvalue weighted by Gasteiger charge is 2.42. The number of nitrogens with one attached hydrogen (secondary N) is 1. The Morgan fingerprint density at radius 2 is 1.06 bits per heavy atom. The van der Waals surface area contributed by atoms with Gasteiger partial charge in [-0.2, -0.15) is 4.31 Å². The van der Waals surface area contributed by atoms with Crippen molar-refractivity contribution in [3.05, 3.63) is 48.0 Å². The molecule has 0 radical (unpaired) electrons. The third-order valence-electron chi connectivity index (χ3n) is 10.8. The van der Waals surface area contributed by atoms with Gasteiger partial charge in [-0.1, -0.05) is 41.5 Å². The normalized spacial score (nSPS) is 19.5. The predicted molar refractivity (Wildman–Crippen MR) is 212 cm³/mol. The van der Waals surface area contributed by atoms with Crippen LogP contribution in [0, 0.1) is 22.7 Å².